The summed E-state index contributed by atoms with van der Waals surface area (Å²) in [7, 11) is 0. The van der Waals surface area contributed by atoms with Gasteiger partial charge in [0, 0.05) is 0 Å². The lowest BCUT2D eigenvalue weighted by Crippen LogP contribution is -2.58. The maximum Gasteiger partial charge on any atom is 0.338 e. The zero-order valence-corrected chi connectivity index (χ0v) is 23.9. The molecule has 0 bridgehead atoms. The van der Waals surface area contributed by atoms with E-state index in [-0.39, 0.29) is 12.5 Å². The molecule has 0 unspecified atom stereocenters. The molecule has 4 N–H and O–H groups in total. The number of carbonyl (C=O) groups excluding carboxylic acids is 4. The number of esters is 1. The van der Waals surface area contributed by atoms with Gasteiger partial charge in [0.25, 0.3) is 11.8 Å². The van der Waals surface area contributed by atoms with E-state index in [0.717, 1.165) is 18.4 Å². The Morgan fingerprint density at radius 3 is 2.12 bits per heavy atom. The molecule has 2 aromatic carbocycles. The number of aryl methyl sites for hydroxylation is 1. The fraction of sp³-hybridized carbons (Fsp3) is 0.433. The number of aliphatic carboxylic acids is 1. The number of nitrogens with zero attached hydrogens (tertiary/aromatic N) is 1. The lowest BCUT2D eigenvalue weighted by Gasteiger charge is -2.26. The Kier molecular flexibility index (Phi) is 12.0. The predicted molar refractivity (Wildman–Crippen MR) is 151 cm³/mol. The lowest BCUT2D eigenvalue weighted by atomic mass is 10.0. The second-order valence-electron chi connectivity index (χ2n) is 10.4. The van der Waals surface area contributed by atoms with E-state index in [1.54, 1.807) is 24.3 Å². The zero-order valence-electron chi connectivity index (χ0n) is 23.9. The van der Waals surface area contributed by atoms with Gasteiger partial charge in [0.05, 0.1) is 6.04 Å². The Labute approximate surface area is 244 Å². The first-order valence-electron chi connectivity index (χ1n) is 13.8. The van der Waals surface area contributed by atoms with Crippen molar-refractivity contribution in [1.82, 2.24) is 21.1 Å². The summed E-state index contributed by atoms with van der Waals surface area (Å²) in [6.45, 7) is 4.86. The van der Waals surface area contributed by atoms with E-state index in [1.165, 1.54) is 12.5 Å². The van der Waals surface area contributed by atoms with Gasteiger partial charge in [-0.05, 0) is 43.4 Å². The zero-order chi connectivity index (χ0) is 30.6. The smallest absolute Gasteiger partial charge is 0.338 e. The van der Waals surface area contributed by atoms with Crippen LogP contribution in [0, 0.1) is 5.92 Å². The highest BCUT2D eigenvalue weighted by Crippen LogP contribution is 2.25. The van der Waals surface area contributed by atoms with E-state index in [0.29, 0.717) is 11.6 Å². The van der Waals surface area contributed by atoms with Gasteiger partial charge in [-0.1, -0.05) is 74.5 Å². The predicted octanol–water partition coefficient (Wildman–Crippen LogP) is 1.19. The lowest BCUT2D eigenvalue weighted by molar-refractivity contribution is -0.151. The molecule has 3 rings (SSSR count). The number of carboxylic acid groups (broad SMARTS) is 1. The minimum atomic E-state index is -1.40. The monoisotopic (exact) mass is 582 g/mol. The molecule has 1 heterocycles. The number of epoxide rings is 1. The molecular formula is C30H38N4O8. The van der Waals surface area contributed by atoms with E-state index in [4.69, 9.17) is 9.47 Å². The number of hydrogen-bond acceptors (Lipinski definition) is 8. The van der Waals surface area contributed by atoms with Crippen molar-refractivity contribution in [1.29, 1.82) is 0 Å². The van der Waals surface area contributed by atoms with Crippen molar-refractivity contribution >= 4 is 29.7 Å². The van der Waals surface area contributed by atoms with Crippen LogP contribution >= 0.6 is 0 Å². The van der Waals surface area contributed by atoms with Crippen LogP contribution in [0.5, 0.6) is 0 Å². The van der Waals surface area contributed by atoms with Gasteiger partial charge in [-0.25, -0.2) is 9.80 Å². The van der Waals surface area contributed by atoms with Crippen molar-refractivity contribution < 1.29 is 38.6 Å². The number of hydrogen-bond donors (Lipinski definition) is 4. The summed E-state index contributed by atoms with van der Waals surface area (Å²) in [4.78, 5) is 62.4. The third-order valence-electron chi connectivity index (χ3n) is 6.55. The van der Waals surface area contributed by atoms with E-state index < -0.39 is 60.5 Å². The van der Waals surface area contributed by atoms with E-state index in [2.05, 4.69) is 16.1 Å². The van der Waals surface area contributed by atoms with Gasteiger partial charge in [0.2, 0.25) is 5.91 Å². The number of rotatable bonds is 15. The maximum absolute atomic E-state index is 13.0. The molecule has 1 aliphatic rings. The topological polar surface area (TPSA) is 167 Å². The maximum atomic E-state index is 13.0. The number of benzene rings is 2. The fourth-order valence-electron chi connectivity index (χ4n) is 4.18. The van der Waals surface area contributed by atoms with E-state index in [1.807, 2.05) is 50.2 Å². The summed E-state index contributed by atoms with van der Waals surface area (Å²) in [5.74, 6) is -4.40. The van der Waals surface area contributed by atoms with Gasteiger partial charge in [-0.3, -0.25) is 24.6 Å². The van der Waals surface area contributed by atoms with E-state index >= 15 is 0 Å². The largest absolute Gasteiger partial charge is 0.480 e. The van der Waals surface area contributed by atoms with Crippen LogP contribution in [0.3, 0.4) is 0 Å². The van der Waals surface area contributed by atoms with Crippen molar-refractivity contribution in [3.8, 4) is 0 Å². The van der Waals surface area contributed by atoms with E-state index in [9.17, 15) is 29.1 Å². The van der Waals surface area contributed by atoms with Gasteiger partial charge in [-0.15, -0.1) is 0 Å². The molecule has 12 nitrogen and oxygen atoms in total. The Morgan fingerprint density at radius 2 is 1.52 bits per heavy atom. The molecule has 2 aromatic rings. The Balaban J connectivity index is 1.49. The number of ether oxygens (including phenoxy) is 2. The summed E-state index contributed by atoms with van der Waals surface area (Å²) in [5, 5.41) is 15.7. The molecule has 4 atom stereocenters. The second kappa shape index (κ2) is 15.6. The van der Waals surface area contributed by atoms with Gasteiger partial charge >= 0.3 is 11.9 Å². The van der Waals surface area contributed by atoms with Crippen LogP contribution in [0.2, 0.25) is 0 Å². The van der Waals surface area contributed by atoms with Crippen molar-refractivity contribution in [2.45, 2.75) is 64.5 Å². The Bertz CT molecular complexity index is 1220. The first-order chi connectivity index (χ1) is 20.1. The molecule has 42 heavy (non-hydrogen) atoms. The third kappa shape index (κ3) is 9.96. The number of hydrazine groups is 1. The molecule has 12 heteroatoms. The standard InChI is InChI=1S/C30H38N4O8/c1-19(2)24(31-16-10-15-21-11-6-4-7-12-21)28(38)32-20(3)27(37)33-34(17-23(35)36)29(39)25-26(42-25)30(40)41-18-22-13-8-5-9-14-22/h4-9,11-14,19-20,24-26,31H,10,15-18H2,1-3H3,(H,32,38)(H,33,37)(H,35,36)/t20-,24-,25-,26-/m0/s1. The molecular weight excluding hydrogens is 544 g/mol. The van der Waals surface area contributed by atoms with Gasteiger partial charge in [-0.2, -0.15) is 0 Å². The molecule has 1 fully saturated rings. The summed E-state index contributed by atoms with van der Waals surface area (Å²) in [6.07, 6.45) is -0.857. The molecule has 1 aliphatic heterocycles. The number of carbonyl (C=O) groups is 5. The van der Waals surface area contributed by atoms with Gasteiger partial charge < -0.3 is 25.2 Å². The van der Waals surface area contributed by atoms with Crippen molar-refractivity contribution in [3.63, 3.8) is 0 Å². The van der Waals surface area contributed by atoms with Crippen LogP contribution in [0.4, 0.5) is 0 Å². The van der Waals surface area contributed by atoms with Crippen molar-refractivity contribution in [2.75, 3.05) is 13.1 Å². The summed E-state index contributed by atoms with van der Waals surface area (Å²) in [6, 6.07) is 17.2. The molecule has 0 saturated carbocycles. The normalized spacial score (nSPS) is 17.0. The number of nitrogens with one attached hydrogen (secondary N) is 3. The van der Waals surface area contributed by atoms with Crippen LogP contribution in [0.25, 0.3) is 0 Å². The van der Waals surface area contributed by atoms with Crippen molar-refractivity contribution in [2.24, 2.45) is 5.92 Å². The van der Waals surface area contributed by atoms with Crippen molar-refractivity contribution in [3.05, 3.63) is 71.8 Å². The van der Waals surface area contributed by atoms with Gasteiger partial charge in [0.1, 0.15) is 19.2 Å². The molecule has 0 aliphatic carbocycles. The fourth-order valence-corrected chi connectivity index (χ4v) is 4.18. The summed E-state index contributed by atoms with van der Waals surface area (Å²) >= 11 is 0. The molecule has 1 saturated heterocycles. The molecule has 3 amide bonds. The first kappa shape index (κ1) is 32.2. The Morgan fingerprint density at radius 1 is 0.905 bits per heavy atom. The highest BCUT2D eigenvalue weighted by molar-refractivity contribution is 5.96. The average Bonchev–Trinajstić information content (AvgIpc) is 3.77. The highest BCUT2D eigenvalue weighted by Gasteiger charge is 2.53. The average molecular weight is 583 g/mol. The minimum Gasteiger partial charge on any atom is -0.480 e. The third-order valence-corrected chi connectivity index (χ3v) is 6.55. The number of carboxylic acids is 1. The van der Waals surface area contributed by atoms with Crippen LogP contribution in [0.15, 0.2) is 60.7 Å². The highest BCUT2D eigenvalue weighted by atomic mass is 16.6. The van der Waals surface area contributed by atoms with Crippen LogP contribution < -0.4 is 16.1 Å². The SMILES string of the molecule is CC(C)[C@H](NCCCc1ccccc1)C(=O)N[C@@H](C)C(=O)NN(CC(=O)O)C(=O)[C@H]1O[C@@H]1C(=O)OCc1ccccc1. The molecule has 0 spiro atoms. The summed E-state index contributed by atoms with van der Waals surface area (Å²) < 4.78 is 10.3. The van der Waals surface area contributed by atoms with Crippen LogP contribution in [-0.4, -0.2) is 77.2 Å². The quantitative estimate of drug-likeness (QED) is 0.104. The molecule has 0 aromatic heterocycles. The minimum absolute atomic E-state index is 0.0213. The molecule has 0 radical (unpaired) electrons. The number of amides is 3. The molecule has 226 valence electrons. The van der Waals surface area contributed by atoms with Gasteiger partial charge in [0.15, 0.2) is 12.2 Å². The summed E-state index contributed by atoms with van der Waals surface area (Å²) in [5.41, 5.74) is 4.17. The Hall–Kier alpha value is -4.29. The van der Waals surface area contributed by atoms with Crippen LogP contribution in [-0.2, 0) is 46.5 Å². The second-order valence-corrected chi connectivity index (χ2v) is 10.4. The first-order valence-corrected chi connectivity index (χ1v) is 13.8. The van der Waals surface area contributed by atoms with Crippen LogP contribution in [0.1, 0.15) is 38.3 Å².